The zero-order valence-electron chi connectivity index (χ0n) is 40.5. The van der Waals surface area contributed by atoms with Crippen molar-refractivity contribution in [2.45, 2.75) is 122 Å². The highest BCUT2D eigenvalue weighted by Crippen LogP contribution is 2.36. The number of amides is 1. The van der Waals surface area contributed by atoms with Crippen LogP contribution in [0.1, 0.15) is 55.4 Å². The summed E-state index contributed by atoms with van der Waals surface area (Å²) >= 11 is 0. The van der Waals surface area contributed by atoms with E-state index in [2.05, 4.69) is 63.5 Å². The SMILES string of the molecule is CC(C)(C)OC(=O)N1C[C@H](OCc2ccc(OCOCC[Si](C)(C)C)cc2)[C@H](c2ccc(OCCCOCc3ccccc3)cc2)[C@H](OCc2ccc(OCOCC[Si](C)(C)C)cc2)C1. The van der Waals surface area contributed by atoms with Gasteiger partial charge in [0.25, 0.3) is 0 Å². The molecule has 65 heavy (non-hydrogen) atoms. The zero-order valence-corrected chi connectivity index (χ0v) is 42.5. The van der Waals surface area contributed by atoms with Crippen LogP contribution in [0, 0.1) is 0 Å². The van der Waals surface area contributed by atoms with Crippen molar-refractivity contribution in [3.63, 3.8) is 0 Å². The minimum Gasteiger partial charge on any atom is -0.494 e. The second kappa shape index (κ2) is 25.6. The molecule has 11 nitrogen and oxygen atoms in total. The number of carbonyl (C=O) groups excluding carboxylic acids is 1. The maximum atomic E-state index is 13.7. The van der Waals surface area contributed by atoms with Crippen LogP contribution in [0.25, 0.3) is 0 Å². The van der Waals surface area contributed by atoms with Gasteiger partial charge in [-0.2, -0.15) is 0 Å². The predicted molar refractivity (Wildman–Crippen MR) is 262 cm³/mol. The lowest BCUT2D eigenvalue weighted by atomic mass is 9.84. The molecule has 13 heteroatoms. The lowest BCUT2D eigenvalue weighted by molar-refractivity contribution is -0.100. The summed E-state index contributed by atoms with van der Waals surface area (Å²) < 4.78 is 54.7. The summed E-state index contributed by atoms with van der Waals surface area (Å²) in [5, 5.41) is 0. The maximum absolute atomic E-state index is 13.7. The molecular formula is C52H75NO10Si2. The van der Waals surface area contributed by atoms with Crippen LogP contribution in [0.2, 0.25) is 51.4 Å². The summed E-state index contributed by atoms with van der Waals surface area (Å²) in [5.74, 6) is 2.01. The maximum Gasteiger partial charge on any atom is 0.410 e. The van der Waals surface area contributed by atoms with Crippen molar-refractivity contribution < 1.29 is 47.4 Å². The number of nitrogens with zero attached hydrogens (tertiary/aromatic N) is 1. The van der Waals surface area contributed by atoms with E-state index in [1.807, 2.05) is 99.6 Å². The molecule has 1 amide bonds. The number of hydrogen-bond donors (Lipinski definition) is 0. The van der Waals surface area contributed by atoms with E-state index < -0.39 is 40.0 Å². The Bertz CT molecular complexity index is 1860. The normalized spacial score (nSPS) is 16.9. The molecule has 0 saturated carbocycles. The van der Waals surface area contributed by atoms with Crippen molar-refractivity contribution in [1.82, 2.24) is 4.90 Å². The Morgan fingerprint density at radius 2 is 1.02 bits per heavy atom. The first-order valence-electron chi connectivity index (χ1n) is 23.1. The minimum absolute atomic E-state index is 0.213. The number of hydrogen-bond acceptors (Lipinski definition) is 10. The second-order valence-electron chi connectivity index (χ2n) is 20.2. The van der Waals surface area contributed by atoms with Crippen molar-refractivity contribution in [2.24, 2.45) is 0 Å². The minimum atomic E-state index is -1.17. The van der Waals surface area contributed by atoms with E-state index >= 15 is 0 Å². The van der Waals surface area contributed by atoms with E-state index in [0.29, 0.717) is 59.3 Å². The van der Waals surface area contributed by atoms with Gasteiger partial charge < -0.3 is 47.5 Å². The molecule has 1 fully saturated rings. The summed E-state index contributed by atoms with van der Waals surface area (Å²) in [5.41, 5.74) is 3.46. The van der Waals surface area contributed by atoms with Gasteiger partial charge in [0, 0.05) is 41.7 Å². The first-order chi connectivity index (χ1) is 31.0. The quantitative estimate of drug-likeness (QED) is 0.0343. The fourth-order valence-electron chi connectivity index (χ4n) is 6.96. The fourth-order valence-corrected chi connectivity index (χ4v) is 8.47. The molecule has 1 aliphatic rings. The third kappa shape index (κ3) is 20.0. The Hall–Kier alpha value is -4.22. The van der Waals surface area contributed by atoms with Gasteiger partial charge in [-0.3, -0.25) is 0 Å². The molecular weight excluding hydrogens is 855 g/mol. The number of likely N-dealkylation sites (tertiary alicyclic amines) is 1. The summed E-state index contributed by atoms with van der Waals surface area (Å²) in [6.07, 6.45) is -0.496. The summed E-state index contributed by atoms with van der Waals surface area (Å²) in [4.78, 5) is 15.4. The van der Waals surface area contributed by atoms with Crippen molar-refractivity contribution in [2.75, 3.05) is 53.1 Å². The number of rotatable bonds is 26. The topological polar surface area (TPSA) is 103 Å². The monoisotopic (exact) mass is 929 g/mol. The third-order valence-electron chi connectivity index (χ3n) is 10.7. The van der Waals surface area contributed by atoms with Crippen molar-refractivity contribution in [3.05, 3.63) is 125 Å². The highest BCUT2D eigenvalue weighted by atomic mass is 28.3. The van der Waals surface area contributed by atoms with Gasteiger partial charge in [-0.1, -0.05) is 106 Å². The molecule has 4 aromatic carbocycles. The number of carbonyl (C=O) groups is 1. The Labute approximate surface area is 391 Å². The van der Waals surface area contributed by atoms with Crippen LogP contribution in [0.15, 0.2) is 103 Å². The molecule has 1 heterocycles. The van der Waals surface area contributed by atoms with Gasteiger partial charge in [0.05, 0.1) is 58.3 Å². The highest BCUT2D eigenvalue weighted by Gasteiger charge is 2.42. The summed E-state index contributed by atoms with van der Waals surface area (Å²) in [6.45, 7) is 24.4. The van der Waals surface area contributed by atoms with Gasteiger partial charge in [0.2, 0.25) is 0 Å². The second-order valence-corrected chi connectivity index (χ2v) is 31.4. The Kier molecular flexibility index (Phi) is 20.4. The number of piperidine rings is 1. The average Bonchev–Trinajstić information content (AvgIpc) is 3.26. The van der Waals surface area contributed by atoms with Gasteiger partial charge in [-0.25, -0.2) is 4.79 Å². The van der Waals surface area contributed by atoms with Gasteiger partial charge in [0.15, 0.2) is 13.6 Å². The van der Waals surface area contributed by atoms with E-state index in [1.54, 1.807) is 4.90 Å². The summed E-state index contributed by atoms with van der Waals surface area (Å²) in [6, 6.07) is 36.2. The molecule has 0 radical (unpaired) electrons. The van der Waals surface area contributed by atoms with Gasteiger partial charge in [-0.05, 0) is 91.5 Å². The van der Waals surface area contributed by atoms with E-state index in [4.69, 9.17) is 42.6 Å². The number of benzene rings is 4. The van der Waals surface area contributed by atoms with E-state index in [9.17, 15) is 4.79 Å². The highest BCUT2D eigenvalue weighted by molar-refractivity contribution is 6.76. The molecule has 5 rings (SSSR count). The first kappa shape index (κ1) is 51.8. The Morgan fingerprint density at radius 3 is 1.49 bits per heavy atom. The molecule has 1 saturated heterocycles. The van der Waals surface area contributed by atoms with E-state index in [0.717, 1.165) is 58.0 Å². The molecule has 356 valence electrons. The lowest BCUT2D eigenvalue weighted by Gasteiger charge is -2.43. The Morgan fingerprint density at radius 1 is 0.554 bits per heavy atom. The van der Waals surface area contributed by atoms with Crippen LogP contribution in [0.5, 0.6) is 17.2 Å². The smallest absolute Gasteiger partial charge is 0.410 e. The fraction of sp³-hybridized carbons (Fsp3) is 0.519. The molecule has 4 aromatic rings. The van der Waals surface area contributed by atoms with E-state index in [-0.39, 0.29) is 19.5 Å². The predicted octanol–water partition coefficient (Wildman–Crippen LogP) is 11.6. The Balaban J connectivity index is 1.28. The van der Waals surface area contributed by atoms with Gasteiger partial charge in [0.1, 0.15) is 22.8 Å². The number of ether oxygens (including phenoxy) is 9. The van der Waals surface area contributed by atoms with E-state index in [1.165, 1.54) is 0 Å². The van der Waals surface area contributed by atoms with Crippen molar-refractivity contribution in [3.8, 4) is 17.2 Å². The molecule has 0 bridgehead atoms. The van der Waals surface area contributed by atoms with Gasteiger partial charge >= 0.3 is 6.09 Å². The standard InChI is InChI=1S/C52H75NO10Si2/c1-52(2,3)63-51(54)53-34-48(59-37-42-16-22-46(23-17-42)61-39-56-30-32-64(4,5)6)50(44-20-26-45(27-21-44)58-29-13-28-55-36-41-14-11-10-12-15-41)49(35-53)60-38-43-18-24-47(25-19-43)62-40-57-31-33-65(7,8)9/h10-12,14-27,48-50H,13,28-40H2,1-9H3/t48-,49+,50-. The van der Waals surface area contributed by atoms with Crippen LogP contribution in [0.4, 0.5) is 4.79 Å². The average molecular weight is 930 g/mol. The molecule has 0 aliphatic carbocycles. The molecule has 0 spiro atoms. The first-order valence-corrected chi connectivity index (χ1v) is 30.6. The van der Waals surface area contributed by atoms with Gasteiger partial charge in [-0.15, -0.1) is 0 Å². The van der Waals surface area contributed by atoms with Crippen LogP contribution < -0.4 is 14.2 Å². The molecule has 0 aromatic heterocycles. The molecule has 0 unspecified atom stereocenters. The lowest BCUT2D eigenvalue weighted by Crippen LogP contribution is -2.55. The third-order valence-corrected chi connectivity index (χ3v) is 14.1. The molecule has 0 N–H and O–H groups in total. The van der Waals surface area contributed by atoms with Crippen LogP contribution in [-0.2, 0) is 48.2 Å². The van der Waals surface area contributed by atoms with Crippen LogP contribution in [0.3, 0.4) is 0 Å². The largest absolute Gasteiger partial charge is 0.494 e. The van der Waals surface area contributed by atoms with Crippen molar-refractivity contribution in [1.29, 1.82) is 0 Å². The van der Waals surface area contributed by atoms with Crippen molar-refractivity contribution >= 4 is 22.2 Å². The zero-order chi connectivity index (χ0) is 46.7. The van der Waals surface area contributed by atoms with Crippen LogP contribution >= 0.6 is 0 Å². The summed E-state index contributed by atoms with van der Waals surface area (Å²) in [7, 11) is -2.34. The molecule has 3 atom stereocenters. The molecule has 1 aliphatic heterocycles. The van der Waals surface area contributed by atoms with Crippen LogP contribution in [-0.4, -0.2) is 98.1 Å².